The minimum atomic E-state index is -0.324. The second kappa shape index (κ2) is 10.1. The number of nitrogens with zero attached hydrogens (tertiary/aromatic N) is 3. The van der Waals surface area contributed by atoms with Crippen molar-refractivity contribution in [3.05, 3.63) is 91.3 Å². The van der Waals surface area contributed by atoms with Crippen LogP contribution in [0.1, 0.15) is 6.42 Å². The van der Waals surface area contributed by atoms with Gasteiger partial charge in [-0.25, -0.2) is 9.97 Å². The molecule has 8 heteroatoms. The highest BCUT2D eigenvalue weighted by Gasteiger charge is 2.16. The zero-order valence-electron chi connectivity index (χ0n) is 18.1. The van der Waals surface area contributed by atoms with E-state index in [-0.39, 0.29) is 23.7 Å². The number of carbonyl (C=O) groups is 1. The quantitative estimate of drug-likeness (QED) is 0.495. The molecule has 1 heterocycles. The lowest BCUT2D eigenvalue weighted by Crippen LogP contribution is -2.15. The number of amides is 1. The van der Waals surface area contributed by atoms with E-state index in [0.29, 0.717) is 34.7 Å². The van der Waals surface area contributed by atoms with Crippen LogP contribution in [0.25, 0.3) is 11.1 Å². The lowest BCUT2D eigenvalue weighted by atomic mass is 10.1. The number of rotatable bonds is 7. The van der Waals surface area contributed by atoms with E-state index in [1.165, 1.54) is 12.4 Å². The molecule has 8 nitrogen and oxygen atoms in total. The molecule has 0 fully saturated rings. The number of nitrogen functional groups attached to an aromatic ring is 1. The van der Waals surface area contributed by atoms with Gasteiger partial charge in [-0.15, -0.1) is 0 Å². The summed E-state index contributed by atoms with van der Waals surface area (Å²) in [5.41, 5.74) is 8.57. The van der Waals surface area contributed by atoms with Crippen LogP contribution in [0.15, 0.2) is 91.3 Å². The summed E-state index contributed by atoms with van der Waals surface area (Å²) in [6, 6.07) is 16.3. The van der Waals surface area contributed by atoms with Gasteiger partial charge in [-0.05, 0) is 48.1 Å². The van der Waals surface area contributed by atoms with Crippen LogP contribution in [0, 0.1) is 11.3 Å². The number of nitrogens with two attached hydrogens (primary N) is 1. The van der Waals surface area contributed by atoms with Crippen LogP contribution in [-0.2, 0) is 4.79 Å². The van der Waals surface area contributed by atoms with E-state index in [1.54, 1.807) is 36.4 Å². The zero-order chi connectivity index (χ0) is 23.9. The molecule has 168 valence electrons. The minimum absolute atomic E-state index is 0.205. The first kappa shape index (κ1) is 22.3. The highest BCUT2D eigenvalue weighted by Crippen LogP contribution is 2.36. The molecule has 1 aromatic heterocycles. The Morgan fingerprint density at radius 3 is 2.79 bits per heavy atom. The Bertz CT molecular complexity index is 1320. The summed E-state index contributed by atoms with van der Waals surface area (Å²) >= 11 is 0. The summed E-state index contributed by atoms with van der Waals surface area (Å²) in [5.74, 6) is 1.32. The van der Waals surface area contributed by atoms with E-state index in [4.69, 9.17) is 20.5 Å². The molecule has 0 saturated heterocycles. The molecule has 4 rings (SSSR count). The maximum absolute atomic E-state index is 11.6. The fraction of sp³-hybridized carbons (Fsp3) is 0.0769. The van der Waals surface area contributed by atoms with Crippen LogP contribution in [0.3, 0.4) is 0 Å². The number of anilines is 2. The maximum atomic E-state index is 11.6. The maximum Gasteiger partial charge on any atom is 0.247 e. The van der Waals surface area contributed by atoms with Crippen molar-refractivity contribution in [2.75, 3.05) is 11.1 Å². The molecule has 3 aromatic rings. The van der Waals surface area contributed by atoms with Crippen molar-refractivity contribution in [2.24, 2.45) is 0 Å². The Morgan fingerprint density at radius 2 is 2.03 bits per heavy atom. The number of nitrogens with one attached hydrogen (secondary N) is 1. The van der Waals surface area contributed by atoms with Gasteiger partial charge in [0.25, 0.3) is 0 Å². The van der Waals surface area contributed by atoms with Gasteiger partial charge in [-0.2, -0.15) is 5.26 Å². The predicted molar refractivity (Wildman–Crippen MR) is 129 cm³/mol. The largest absolute Gasteiger partial charge is 0.486 e. The van der Waals surface area contributed by atoms with Gasteiger partial charge in [0.15, 0.2) is 0 Å². The number of allylic oxidation sites excluding steroid dienone is 2. The lowest BCUT2D eigenvalue weighted by Gasteiger charge is -2.17. The lowest BCUT2D eigenvalue weighted by molar-refractivity contribution is -0.111. The monoisotopic (exact) mass is 451 g/mol. The Morgan fingerprint density at radius 1 is 1.21 bits per heavy atom. The number of benzene rings is 2. The van der Waals surface area contributed by atoms with E-state index in [9.17, 15) is 4.79 Å². The van der Waals surface area contributed by atoms with E-state index in [0.717, 1.165) is 5.56 Å². The normalized spacial score (nSPS) is 14.4. The molecule has 0 saturated carbocycles. The molecule has 34 heavy (non-hydrogen) atoms. The standard InChI is InChI=1S/C26H21N5O3/c1-2-23(32)31-19-6-4-8-22(14-19)34-26-24(25(28)29-16-30-26)18-9-11-20(12-10-18)33-21-7-3-5-17(13-21)15-27/h2-6,8-14,16,21H,1,7H2,(H,31,32)(H2,28,29,30). The average molecular weight is 451 g/mol. The van der Waals surface area contributed by atoms with Crippen molar-refractivity contribution in [3.8, 4) is 34.6 Å². The molecule has 3 N–H and O–H groups in total. The second-order valence-electron chi connectivity index (χ2n) is 7.31. The molecule has 1 atom stereocenters. The van der Waals surface area contributed by atoms with Gasteiger partial charge in [0.1, 0.15) is 29.7 Å². The fourth-order valence-electron chi connectivity index (χ4n) is 3.36. The molecule has 2 aromatic carbocycles. The molecule has 1 amide bonds. The third kappa shape index (κ3) is 5.29. The van der Waals surface area contributed by atoms with Crippen molar-refractivity contribution < 1.29 is 14.3 Å². The summed E-state index contributed by atoms with van der Waals surface area (Å²) in [4.78, 5) is 19.9. The summed E-state index contributed by atoms with van der Waals surface area (Å²) in [7, 11) is 0. The third-order valence-corrected chi connectivity index (χ3v) is 4.93. The number of hydrogen-bond donors (Lipinski definition) is 2. The molecule has 1 unspecified atom stereocenters. The number of carbonyl (C=O) groups excluding carboxylic acids is 1. The Balaban J connectivity index is 1.55. The van der Waals surface area contributed by atoms with Gasteiger partial charge in [-0.1, -0.05) is 30.9 Å². The van der Waals surface area contributed by atoms with Gasteiger partial charge < -0.3 is 20.5 Å². The number of ether oxygens (including phenoxy) is 2. The van der Waals surface area contributed by atoms with E-state index in [1.807, 2.05) is 30.3 Å². The van der Waals surface area contributed by atoms with E-state index >= 15 is 0 Å². The summed E-state index contributed by atoms with van der Waals surface area (Å²) in [6.07, 6.45) is 8.50. The van der Waals surface area contributed by atoms with E-state index < -0.39 is 0 Å². The predicted octanol–water partition coefficient (Wildman–Crippen LogP) is 4.80. The van der Waals surface area contributed by atoms with Crippen LogP contribution >= 0.6 is 0 Å². The highest BCUT2D eigenvalue weighted by atomic mass is 16.5. The van der Waals surface area contributed by atoms with Gasteiger partial charge >= 0.3 is 0 Å². The SMILES string of the molecule is C=CC(=O)Nc1cccc(Oc2ncnc(N)c2-c2ccc(OC3C=C(C#N)C=CC3)cc2)c1. The molecule has 0 aliphatic heterocycles. The van der Waals surface area contributed by atoms with Gasteiger partial charge in [0.05, 0.1) is 17.2 Å². The topological polar surface area (TPSA) is 123 Å². The average Bonchev–Trinajstić information content (AvgIpc) is 2.85. The zero-order valence-corrected chi connectivity index (χ0v) is 18.1. The van der Waals surface area contributed by atoms with Crippen molar-refractivity contribution in [1.29, 1.82) is 5.26 Å². The first-order valence-electron chi connectivity index (χ1n) is 10.4. The molecular formula is C26H21N5O3. The van der Waals surface area contributed by atoms with E-state index in [2.05, 4.69) is 27.9 Å². The molecule has 0 bridgehead atoms. The smallest absolute Gasteiger partial charge is 0.247 e. The van der Waals surface area contributed by atoms with Crippen LogP contribution in [0.5, 0.6) is 17.4 Å². The number of aromatic nitrogens is 2. The van der Waals surface area contributed by atoms with Gasteiger partial charge in [0, 0.05) is 18.2 Å². The Hall–Kier alpha value is -4.90. The first-order valence-corrected chi connectivity index (χ1v) is 10.4. The van der Waals surface area contributed by atoms with Gasteiger partial charge in [-0.3, -0.25) is 4.79 Å². The summed E-state index contributed by atoms with van der Waals surface area (Å²) in [5, 5.41) is 11.8. The Labute approximate surface area is 196 Å². The summed E-state index contributed by atoms with van der Waals surface area (Å²) in [6.45, 7) is 3.45. The third-order valence-electron chi connectivity index (χ3n) is 4.93. The van der Waals surface area contributed by atoms with Crippen molar-refractivity contribution in [1.82, 2.24) is 9.97 Å². The van der Waals surface area contributed by atoms with Crippen LogP contribution < -0.4 is 20.5 Å². The minimum Gasteiger partial charge on any atom is -0.486 e. The van der Waals surface area contributed by atoms with Crippen molar-refractivity contribution in [2.45, 2.75) is 12.5 Å². The molecule has 0 radical (unpaired) electrons. The molecule has 1 aliphatic carbocycles. The van der Waals surface area contributed by atoms with Crippen LogP contribution in [-0.4, -0.2) is 22.0 Å². The fourth-order valence-corrected chi connectivity index (χ4v) is 3.36. The van der Waals surface area contributed by atoms with Gasteiger partial charge in [0.2, 0.25) is 11.8 Å². The highest BCUT2D eigenvalue weighted by molar-refractivity contribution is 5.98. The Kier molecular flexibility index (Phi) is 6.65. The van der Waals surface area contributed by atoms with Crippen LogP contribution in [0.4, 0.5) is 11.5 Å². The molecule has 1 aliphatic rings. The number of nitriles is 1. The first-order chi connectivity index (χ1) is 16.6. The van der Waals surface area contributed by atoms with Crippen molar-refractivity contribution >= 4 is 17.4 Å². The molecular weight excluding hydrogens is 430 g/mol. The molecule has 0 spiro atoms. The van der Waals surface area contributed by atoms with Crippen LogP contribution in [0.2, 0.25) is 0 Å². The second-order valence-corrected chi connectivity index (χ2v) is 7.31. The van der Waals surface area contributed by atoms with Crippen molar-refractivity contribution in [3.63, 3.8) is 0 Å². The number of hydrogen-bond acceptors (Lipinski definition) is 7. The summed E-state index contributed by atoms with van der Waals surface area (Å²) < 4.78 is 12.0.